The van der Waals surface area contributed by atoms with Gasteiger partial charge in [0, 0.05) is 18.1 Å². The van der Waals surface area contributed by atoms with Crippen LogP contribution in [0.15, 0.2) is 23.2 Å². The largest absolute Gasteiger partial charge is 0.507 e. The van der Waals surface area contributed by atoms with Crippen molar-refractivity contribution in [3.8, 4) is 5.75 Å². The molecule has 0 unspecified atom stereocenters. The number of phenols is 1. The number of hydrogen-bond acceptors (Lipinski definition) is 3. The van der Waals surface area contributed by atoms with Crippen LogP contribution in [-0.2, 0) is 0 Å². The van der Waals surface area contributed by atoms with E-state index in [1.165, 1.54) is 0 Å². The average molecular weight is 211 g/mol. The van der Waals surface area contributed by atoms with Crippen LogP contribution >= 0.6 is 11.6 Å². The van der Waals surface area contributed by atoms with E-state index in [2.05, 4.69) is 10.3 Å². The number of rotatable bonds is 1. The van der Waals surface area contributed by atoms with Gasteiger partial charge in [-0.2, -0.15) is 0 Å². The highest BCUT2D eigenvalue weighted by molar-refractivity contribution is 6.31. The smallest absolute Gasteiger partial charge is 0.132 e. The molecule has 0 aliphatic carbocycles. The monoisotopic (exact) mass is 210 g/mol. The number of aromatic hydroxyl groups is 1. The molecule has 1 aromatic carbocycles. The van der Waals surface area contributed by atoms with Gasteiger partial charge in [-0.1, -0.05) is 11.6 Å². The predicted molar refractivity (Wildman–Crippen MR) is 57.1 cm³/mol. The summed E-state index contributed by atoms with van der Waals surface area (Å²) in [6.45, 7) is 1.69. The first-order valence-corrected chi connectivity index (χ1v) is 4.92. The predicted octanol–water partition coefficient (Wildman–Crippen LogP) is 1.79. The summed E-state index contributed by atoms with van der Waals surface area (Å²) in [6.07, 6.45) is 1.03. The molecule has 74 valence electrons. The Kier molecular flexibility index (Phi) is 2.59. The van der Waals surface area contributed by atoms with Crippen molar-refractivity contribution in [2.75, 3.05) is 13.1 Å². The molecular formula is C10H11ClN2O. The lowest BCUT2D eigenvalue weighted by molar-refractivity contribution is 0.473. The molecule has 1 aromatic rings. The molecule has 0 saturated heterocycles. The molecule has 2 rings (SSSR count). The van der Waals surface area contributed by atoms with Gasteiger partial charge in [0.05, 0.1) is 5.56 Å². The number of aliphatic imine (C=N–C) groups is 1. The van der Waals surface area contributed by atoms with E-state index >= 15 is 0 Å². The third-order valence-corrected chi connectivity index (χ3v) is 2.35. The zero-order chi connectivity index (χ0) is 9.97. The molecule has 0 saturated carbocycles. The number of nitrogens with one attached hydrogen (secondary N) is 1. The van der Waals surface area contributed by atoms with E-state index < -0.39 is 0 Å². The van der Waals surface area contributed by atoms with Gasteiger partial charge >= 0.3 is 0 Å². The lowest BCUT2D eigenvalue weighted by Crippen LogP contribution is -2.30. The topological polar surface area (TPSA) is 44.6 Å². The van der Waals surface area contributed by atoms with Crippen molar-refractivity contribution >= 4 is 17.4 Å². The van der Waals surface area contributed by atoms with E-state index in [1.54, 1.807) is 18.2 Å². The second-order valence-corrected chi connectivity index (χ2v) is 3.61. The summed E-state index contributed by atoms with van der Waals surface area (Å²) in [5.74, 6) is 0.943. The molecule has 0 atom stereocenters. The van der Waals surface area contributed by atoms with Crippen molar-refractivity contribution in [3.63, 3.8) is 0 Å². The zero-order valence-electron chi connectivity index (χ0n) is 7.63. The number of amidine groups is 1. The van der Waals surface area contributed by atoms with Crippen LogP contribution in [0, 0.1) is 0 Å². The van der Waals surface area contributed by atoms with Gasteiger partial charge in [-0.05, 0) is 24.6 Å². The Morgan fingerprint density at radius 3 is 3.00 bits per heavy atom. The summed E-state index contributed by atoms with van der Waals surface area (Å²) in [7, 11) is 0. The summed E-state index contributed by atoms with van der Waals surface area (Å²) >= 11 is 5.84. The molecule has 0 radical (unpaired) electrons. The Bertz CT molecular complexity index is 376. The minimum Gasteiger partial charge on any atom is -0.507 e. The summed E-state index contributed by atoms with van der Waals surface area (Å²) < 4.78 is 0. The lowest BCUT2D eigenvalue weighted by atomic mass is 10.1. The molecule has 14 heavy (non-hydrogen) atoms. The van der Waals surface area contributed by atoms with Crippen molar-refractivity contribution in [1.29, 1.82) is 0 Å². The SMILES string of the molecule is Oc1ccc(Cl)cc1C1=NCCCN1. The minimum absolute atomic E-state index is 0.211. The van der Waals surface area contributed by atoms with Crippen molar-refractivity contribution in [2.24, 2.45) is 4.99 Å². The fraction of sp³-hybridized carbons (Fsp3) is 0.300. The summed E-state index contributed by atoms with van der Waals surface area (Å²) in [4.78, 5) is 4.29. The van der Waals surface area contributed by atoms with Crippen LogP contribution in [0.2, 0.25) is 5.02 Å². The Balaban J connectivity index is 2.39. The average Bonchev–Trinajstić information content (AvgIpc) is 2.23. The first-order chi connectivity index (χ1) is 6.77. The highest BCUT2D eigenvalue weighted by Crippen LogP contribution is 2.22. The molecule has 4 heteroatoms. The third-order valence-electron chi connectivity index (χ3n) is 2.11. The van der Waals surface area contributed by atoms with Crippen LogP contribution in [-0.4, -0.2) is 24.0 Å². The highest BCUT2D eigenvalue weighted by atomic mass is 35.5. The molecule has 1 aliphatic heterocycles. The zero-order valence-corrected chi connectivity index (χ0v) is 8.38. The number of benzene rings is 1. The standard InChI is InChI=1S/C10H11ClN2O/c11-7-2-3-9(14)8(6-7)10-12-4-1-5-13-10/h2-3,6,14H,1,4-5H2,(H,12,13). The van der Waals surface area contributed by atoms with Gasteiger partial charge in [0.15, 0.2) is 0 Å². The molecule has 0 amide bonds. The second kappa shape index (κ2) is 3.88. The van der Waals surface area contributed by atoms with Gasteiger partial charge in [0.2, 0.25) is 0 Å². The number of hydrogen-bond donors (Lipinski definition) is 2. The lowest BCUT2D eigenvalue weighted by Gasteiger charge is -2.15. The second-order valence-electron chi connectivity index (χ2n) is 3.17. The quantitative estimate of drug-likeness (QED) is 0.742. The van der Waals surface area contributed by atoms with Crippen molar-refractivity contribution < 1.29 is 5.11 Å². The van der Waals surface area contributed by atoms with E-state index in [9.17, 15) is 5.11 Å². The first-order valence-electron chi connectivity index (χ1n) is 4.54. The molecule has 0 fully saturated rings. The molecule has 3 nitrogen and oxygen atoms in total. The Morgan fingerprint density at radius 1 is 1.43 bits per heavy atom. The maximum absolute atomic E-state index is 9.61. The van der Waals surface area contributed by atoms with Crippen LogP contribution in [0.3, 0.4) is 0 Å². The number of phenolic OH excluding ortho intramolecular Hbond substituents is 1. The summed E-state index contributed by atoms with van der Waals surface area (Å²) in [6, 6.07) is 4.95. The molecule has 2 N–H and O–H groups in total. The van der Waals surface area contributed by atoms with Crippen LogP contribution in [0.4, 0.5) is 0 Å². The van der Waals surface area contributed by atoms with E-state index in [0.29, 0.717) is 10.6 Å². The highest BCUT2D eigenvalue weighted by Gasteiger charge is 2.11. The van der Waals surface area contributed by atoms with E-state index in [4.69, 9.17) is 11.6 Å². The van der Waals surface area contributed by atoms with E-state index in [0.717, 1.165) is 25.3 Å². The Morgan fingerprint density at radius 2 is 2.29 bits per heavy atom. The fourth-order valence-electron chi connectivity index (χ4n) is 1.41. The maximum Gasteiger partial charge on any atom is 0.132 e. The molecule has 0 bridgehead atoms. The van der Waals surface area contributed by atoms with Crippen LogP contribution in [0.1, 0.15) is 12.0 Å². The van der Waals surface area contributed by atoms with E-state index in [1.807, 2.05) is 0 Å². The van der Waals surface area contributed by atoms with Gasteiger partial charge in [-0.15, -0.1) is 0 Å². The third kappa shape index (κ3) is 1.82. The fourth-order valence-corrected chi connectivity index (χ4v) is 1.58. The van der Waals surface area contributed by atoms with Crippen LogP contribution in [0.5, 0.6) is 5.75 Å². The Hall–Kier alpha value is -1.22. The van der Waals surface area contributed by atoms with Crippen molar-refractivity contribution in [3.05, 3.63) is 28.8 Å². The maximum atomic E-state index is 9.61. The normalized spacial score (nSPS) is 15.9. The van der Waals surface area contributed by atoms with Crippen molar-refractivity contribution in [2.45, 2.75) is 6.42 Å². The molecule has 0 spiro atoms. The van der Waals surface area contributed by atoms with Gasteiger partial charge in [-0.25, -0.2) is 0 Å². The van der Waals surface area contributed by atoms with Gasteiger partial charge in [0.25, 0.3) is 0 Å². The molecular weight excluding hydrogens is 200 g/mol. The van der Waals surface area contributed by atoms with Gasteiger partial charge in [-0.3, -0.25) is 4.99 Å². The summed E-state index contributed by atoms with van der Waals surface area (Å²) in [5.41, 5.74) is 0.678. The number of nitrogens with zero attached hydrogens (tertiary/aromatic N) is 1. The summed E-state index contributed by atoms with van der Waals surface area (Å²) in [5, 5.41) is 13.3. The Labute approximate surface area is 87.4 Å². The van der Waals surface area contributed by atoms with E-state index in [-0.39, 0.29) is 5.75 Å². The van der Waals surface area contributed by atoms with Crippen LogP contribution < -0.4 is 5.32 Å². The first kappa shape index (κ1) is 9.34. The van der Waals surface area contributed by atoms with Crippen molar-refractivity contribution in [1.82, 2.24) is 5.32 Å². The number of halogens is 1. The molecule has 1 aliphatic rings. The molecule has 1 heterocycles. The van der Waals surface area contributed by atoms with Crippen LogP contribution in [0.25, 0.3) is 0 Å². The van der Waals surface area contributed by atoms with Gasteiger partial charge in [0.1, 0.15) is 11.6 Å². The van der Waals surface area contributed by atoms with Gasteiger partial charge < -0.3 is 10.4 Å². The minimum atomic E-state index is 0.211. The molecule has 0 aromatic heterocycles.